The Kier molecular flexibility index (Phi) is 5.68. The zero-order chi connectivity index (χ0) is 18.6. The summed E-state index contributed by atoms with van der Waals surface area (Å²) in [7, 11) is 1.45. The molecule has 0 bridgehead atoms. The van der Waals surface area contributed by atoms with Gasteiger partial charge in [0.25, 0.3) is 0 Å². The first-order chi connectivity index (χ1) is 12.6. The minimum atomic E-state index is -1.49. The van der Waals surface area contributed by atoms with Crippen LogP contribution in [-0.2, 0) is 14.2 Å². The zero-order valence-electron chi connectivity index (χ0n) is 14.5. The normalized spacial score (nSPS) is 25.2. The Morgan fingerprint density at radius 3 is 2.42 bits per heavy atom. The van der Waals surface area contributed by atoms with E-state index < -0.39 is 30.6 Å². The molecule has 1 saturated heterocycles. The van der Waals surface area contributed by atoms with Crippen LogP contribution in [0.25, 0.3) is 11.1 Å². The van der Waals surface area contributed by atoms with Gasteiger partial charge in [-0.15, -0.1) is 0 Å². The molecule has 1 fully saturated rings. The van der Waals surface area contributed by atoms with Crippen LogP contribution in [-0.4, -0.2) is 54.5 Å². The van der Waals surface area contributed by atoms with Crippen molar-refractivity contribution in [2.45, 2.75) is 24.4 Å². The lowest BCUT2D eigenvalue weighted by molar-refractivity contribution is -0.140. The molecule has 0 saturated carbocycles. The van der Waals surface area contributed by atoms with E-state index in [0.29, 0.717) is 5.56 Å². The zero-order valence-corrected chi connectivity index (χ0v) is 14.5. The van der Waals surface area contributed by atoms with Crippen LogP contribution in [0.2, 0.25) is 0 Å². The third kappa shape index (κ3) is 3.94. The second-order valence-corrected chi connectivity index (χ2v) is 6.30. The van der Waals surface area contributed by atoms with Crippen LogP contribution in [0.4, 0.5) is 0 Å². The van der Waals surface area contributed by atoms with E-state index in [1.54, 1.807) is 12.1 Å². The summed E-state index contributed by atoms with van der Waals surface area (Å²) in [5, 5.41) is 19.8. The minimum Gasteiger partial charge on any atom is -0.459 e. The second kappa shape index (κ2) is 7.97. The lowest BCUT2D eigenvalue weighted by Crippen LogP contribution is -2.44. The Morgan fingerprint density at radius 2 is 1.81 bits per heavy atom. The van der Waals surface area contributed by atoms with Gasteiger partial charge in [-0.1, -0.05) is 42.5 Å². The number of benzene rings is 2. The molecule has 3 atom stereocenters. The van der Waals surface area contributed by atoms with Crippen LogP contribution in [0.5, 0.6) is 0 Å². The smallest absolute Gasteiger partial charge is 0.338 e. The standard InChI is InChI=1S/C20H22O6/c1-24-18-11-20(23,13-21)17(26-18)12-25-19(22)16-9-7-15(8-10-16)14-5-3-2-4-6-14/h2-10,17-18,21,23H,11-13H2,1H3/t17-,18+,20+/m1/s1. The summed E-state index contributed by atoms with van der Waals surface area (Å²) in [4.78, 5) is 12.2. The van der Waals surface area contributed by atoms with Crippen molar-refractivity contribution in [3.8, 4) is 11.1 Å². The predicted octanol–water partition coefficient (Wildman–Crippen LogP) is 2.00. The molecule has 2 aromatic rings. The van der Waals surface area contributed by atoms with Gasteiger partial charge < -0.3 is 24.4 Å². The molecular formula is C20H22O6. The highest BCUT2D eigenvalue weighted by Gasteiger charge is 2.48. The molecule has 3 rings (SSSR count). The number of hydrogen-bond acceptors (Lipinski definition) is 6. The topological polar surface area (TPSA) is 85.2 Å². The average molecular weight is 358 g/mol. The molecule has 0 amide bonds. The van der Waals surface area contributed by atoms with Crippen molar-refractivity contribution in [2.75, 3.05) is 20.3 Å². The first kappa shape index (κ1) is 18.5. The van der Waals surface area contributed by atoms with Gasteiger partial charge in [0.05, 0.1) is 12.2 Å². The first-order valence-corrected chi connectivity index (χ1v) is 8.40. The predicted molar refractivity (Wildman–Crippen MR) is 94.5 cm³/mol. The van der Waals surface area contributed by atoms with Gasteiger partial charge in [0.15, 0.2) is 6.29 Å². The summed E-state index contributed by atoms with van der Waals surface area (Å²) in [6.07, 6.45) is -1.36. The molecule has 0 spiro atoms. The molecule has 0 radical (unpaired) electrons. The molecule has 1 aliphatic heterocycles. The van der Waals surface area contributed by atoms with Crippen molar-refractivity contribution in [3.63, 3.8) is 0 Å². The van der Waals surface area contributed by atoms with Crippen LogP contribution >= 0.6 is 0 Å². The van der Waals surface area contributed by atoms with E-state index in [0.717, 1.165) is 11.1 Å². The Hall–Kier alpha value is -2.25. The Bertz CT molecular complexity index is 730. The number of carbonyl (C=O) groups is 1. The van der Waals surface area contributed by atoms with Gasteiger partial charge in [-0.25, -0.2) is 4.79 Å². The maximum absolute atomic E-state index is 12.2. The molecule has 0 unspecified atom stereocenters. The number of esters is 1. The maximum atomic E-state index is 12.2. The number of methoxy groups -OCH3 is 1. The van der Waals surface area contributed by atoms with Gasteiger partial charge in [0.1, 0.15) is 18.3 Å². The molecule has 0 aliphatic carbocycles. The summed E-state index contributed by atoms with van der Waals surface area (Å²) < 4.78 is 15.8. The van der Waals surface area contributed by atoms with Crippen molar-refractivity contribution in [2.24, 2.45) is 0 Å². The van der Waals surface area contributed by atoms with Gasteiger partial charge in [0.2, 0.25) is 0 Å². The van der Waals surface area contributed by atoms with Crippen molar-refractivity contribution < 1.29 is 29.2 Å². The molecule has 0 aromatic heterocycles. The van der Waals surface area contributed by atoms with Crippen molar-refractivity contribution in [1.29, 1.82) is 0 Å². The SMILES string of the molecule is CO[C@@H]1C[C@](O)(CO)[C@@H](COC(=O)c2ccc(-c3ccccc3)cc2)O1. The highest BCUT2D eigenvalue weighted by Crippen LogP contribution is 2.31. The summed E-state index contributed by atoms with van der Waals surface area (Å²) in [6.45, 7) is -0.670. The van der Waals surface area contributed by atoms with Crippen LogP contribution in [0.3, 0.4) is 0 Å². The third-order valence-electron chi connectivity index (χ3n) is 4.57. The maximum Gasteiger partial charge on any atom is 0.338 e. The van der Waals surface area contributed by atoms with Crippen LogP contribution < -0.4 is 0 Å². The lowest BCUT2D eigenvalue weighted by Gasteiger charge is -2.25. The number of carbonyl (C=O) groups excluding carboxylic acids is 1. The quantitative estimate of drug-likeness (QED) is 0.769. The Labute approximate surface area is 151 Å². The fourth-order valence-electron chi connectivity index (χ4n) is 2.94. The number of aliphatic hydroxyl groups excluding tert-OH is 1. The summed E-state index contributed by atoms with van der Waals surface area (Å²) in [5.74, 6) is -0.519. The van der Waals surface area contributed by atoms with Crippen molar-refractivity contribution >= 4 is 5.97 Å². The molecule has 1 heterocycles. The highest BCUT2D eigenvalue weighted by atomic mass is 16.7. The number of hydrogen-bond donors (Lipinski definition) is 2. The van der Waals surface area contributed by atoms with Crippen molar-refractivity contribution in [3.05, 3.63) is 60.2 Å². The molecular weight excluding hydrogens is 336 g/mol. The largest absolute Gasteiger partial charge is 0.459 e. The average Bonchev–Trinajstić information content (AvgIpc) is 3.03. The highest BCUT2D eigenvalue weighted by molar-refractivity contribution is 5.90. The van der Waals surface area contributed by atoms with Crippen LogP contribution in [0, 0.1) is 0 Å². The summed E-state index contributed by atoms with van der Waals surface area (Å²) in [6, 6.07) is 16.9. The van der Waals surface area contributed by atoms with Crippen LogP contribution in [0.15, 0.2) is 54.6 Å². The molecule has 6 nitrogen and oxygen atoms in total. The second-order valence-electron chi connectivity index (χ2n) is 6.30. The van der Waals surface area contributed by atoms with Crippen molar-refractivity contribution in [1.82, 2.24) is 0 Å². The molecule has 6 heteroatoms. The Morgan fingerprint density at radius 1 is 1.15 bits per heavy atom. The van der Waals surface area contributed by atoms with E-state index >= 15 is 0 Å². The van der Waals surface area contributed by atoms with Gasteiger partial charge in [-0.3, -0.25) is 0 Å². The van der Waals surface area contributed by atoms with E-state index in [4.69, 9.17) is 14.2 Å². The number of ether oxygens (including phenoxy) is 3. The van der Waals surface area contributed by atoms with Gasteiger partial charge >= 0.3 is 5.97 Å². The van der Waals surface area contributed by atoms with E-state index in [-0.39, 0.29) is 13.0 Å². The molecule has 26 heavy (non-hydrogen) atoms. The number of aliphatic hydroxyl groups is 2. The number of rotatable bonds is 6. The summed E-state index contributed by atoms with van der Waals surface area (Å²) >= 11 is 0. The molecule has 2 aromatic carbocycles. The fraction of sp³-hybridized carbons (Fsp3) is 0.350. The van der Waals surface area contributed by atoms with E-state index in [9.17, 15) is 15.0 Å². The van der Waals surface area contributed by atoms with Gasteiger partial charge in [0, 0.05) is 13.5 Å². The first-order valence-electron chi connectivity index (χ1n) is 8.40. The molecule has 2 N–H and O–H groups in total. The summed E-state index contributed by atoms with van der Waals surface area (Å²) in [5.41, 5.74) is 0.973. The monoisotopic (exact) mass is 358 g/mol. The molecule has 138 valence electrons. The molecule has 1 aliphatic rings. The Balaban J connectivity index is 1.62. The van der Waals surface area contributed by atoms with Crippen LogP contribution in [0.1, 0.15) is 16.8 Å². The minimum absolute atomic E-state index is 0.119. The van der Waals surface area contributed by atoms with E-state index in [2.05, 4.69) is 0 Å². The van der Waals surface area contributed by atoms with E-state index in [1.807, 2.05) is 42.5 Å². The van der Waals surface area contributed by atoms with Gasteiger partial charge in [-0.2, -0.15) is 0 Å². The third-order valence-corrected chi connectivity index (χ3v) is 4.57. The van der Waals surface area contributed by atoms with Gasteiger partial charge in [-0.05, 0) is 23.3 Å². The van der Waals surface area contributed by atoms with E-state index in [1.165, 1.54) is 7.11 Å². The lowest BCUT2D eigenvalue weighted by atomic mass is 9.97. The fourth-order valence-corrected chi connectivity index (χ4v) is 2.94.